The molecule has 1 aliphatic rings. The Balaban J connectivity index is 1.85. The van der Waals surface area contributed by atoms with Crippen molar-refractivity contribution in [3.05, 3.63) is 81.7 Å². The Hall–Kier alpha value is -2.92. The van der Waals surface area contributed by atoms with Gasteiger partial charge in [-0.05, 0) is 31.5 Å². The Morgan fingerprint density at radius 2 is 1.64 bits per heavy atom. The number of amides is 1. The first kappa shape index (κ1) is 18.4. The Morgan fingerprint density at radius 1 is 0.964 bits per heavy atom. The normalized spacial score (nSPS) is 16.2. The molecule has 4 rings (SSSR count). The van der Waals surface area contributed by atoms with E-state index in [4.69, 9.17) is 4.42 Å². The highest BCUT2D eigenvalue weighted by atomic mass is 16.3. The molecule has 0 aliphatic carbocycles. The van der Waals surface area contributed by atoms with Crippen molar-refractivity contribution in [2.24, 2.45) is 0 Å². The maximum atomic E-state index is 13.3. The third kappa shape index (κ3) is 3.02. The number of carbonyl (C=O) groups is 1. The van der Waals surface area contributed by atoms with Crippen LogP contribution in [-0.2, 0) is 0 Å². The number of quaternary nitrogens is 1. The summed E-state index contributed by atoms with van der Waals surface area (Å²) in [4.78, 5) is 29.8. The van der Waals surface area contributed by atoms with E-state index in [1.807, 2.05) is 42.5 Å². The van der Waals surface area contributed by atoms with E-state index >= 15 is 0 Å². The van der Waals surface area contributed by atoms with Crippen LogP contribution < -0.4 is 10.3 Å². The largest absolute Gasteiger partial charge is 0.450 e. The van der Waals surface area contributed by atoms with Crippen LogP contribution in [0.2, 0.25) is 0 Å². The summed E-state index contributed by atoms with van der Waals surface area (Å²) >= 11 is 0. The van der Waals surface area contributed by atoms with Crippen LogP contribution >= 0.6 is 0 Å². The van der Waals surface area contributed by atoms with Gasteiger partial charge in [-0.15, -0.1) is 0 Å². The van der Waals surface area contributed by atoms with Gasteiger partial charge in [-0.25, -0.2) is 0 Å². The van der Waals surface area contributed by atoms with Crippen LogP contribution in [-0.4, -0.2) is 37.0 Å². The van der Waals surface area contributed by atoms with Crippen molar-refractivity contribution in [1.29, 1.82) is 0 Å². The van der Waals surface area contributed by atoms with Crippen LogP contribution in [0.15, 0.2) is 63.8 Å². The minimum atomic E-state index is -0.403. The lowest BCUT2D eigenvalue weighted by Crippen LogP contribution is -3.12. The van der Waals surface area contributed by atoms with Gasteiger partial charge < -0.3 is 14.2 Å². The molecule has 5 heteroatoms. The molecule has 28 heavy (non-hydrogen) atoms. The van der Waals surface area contributed by atoms with E-state index in [0.29, 0.717) is 23.1 Å². The molecule has 0 spiro atoms. The van der Waals surface area contributed by atoms with Gasteiger partial charge in [0.05, 0.1) is 43.2 Å². The highest BCUT2D eigenvalue weighted by Gasteiger charge is 2.42. The van der Waals surface area contributed by atoms with Crippen LogP contribution in [0.3, 0.4) is 0 Å². The summed E-state index contributed by atoms with van der Waals surface area (Å²) in [7, 11) is 0. The molecule has 0 fully saturated rings. The van der Waals surface area contributed by atoms with E-state index in [2.05, 4.69) is 13.8 Å². The summed E-state index contributed by atoms with van der Waals surface area (Å²) in [5.41, 5.74) is 1.75. The molecular weight excluding hydrogens is 352 g/mol. The van der Waals surface area contributed by atoms with Gasteiger partial charge in [-0.3, -0.25) is 9.59 Å². The fraction of sp³-hybridized carbons (Fsp3) is 0.304. The molecule has 3 aromatic rings. The first-order valence-electron chi connectivity index (χ1n) is 9.90. The van der Waals surface area contributed by atoms with Crippen molar-refractivity contribution in [2.45, 2.75) is 19.9 Å². The van der Waals surface area contributed by atoms with Gasteiger partial charge in [-0.1, -0.05) is 42.5 Å². The summed E-state index contributed by atoms with van der Waals surface area (Å²) in [5, 5.41) is 0.520. The number of carbonyl (C=O) groups excluding carboxylic acids is 1. The fourth-order valence-corrected chi connectivity index (χ4v) is 4.06. The standard InChI is InChI=1S/C23H24N2O3/c1-3-24(4-2)14-15-25-20(16-10-6-5-7-11-16)19-21(26)17-12-8-9-13-18(17)28-22(19)23(25)27/h5-13,20H,3-4,14-15H2,1-2H3/p+1/t20-/m1/s1. The van der Waals surface area contributed by atoms with E-state index in [9.17, 15) is 9.59 Å². The Morgan fingerprint density at radius 3 is 2.36 bits per heavy atom. The van der Waals surface area contributed by atoms with Crippen molar-refractivity contribution in [3.8, 4) is 0 Å². The maximum Gasteiger partial charge on any atom is 0.291 e. The molecule has 0 radical (unpaired) electrons. The van der Waals surface area contributed by atoms with Gasteiger partial charge in [-0.2, -0.15) is 0 Å². The van der Waals surface area contributed by atoms with Crippen molar-refractivity contribution >= 4 is 16.9 Å². The zero-order chi connectivity index (χ0) is 19.7. The van der Waals surface area contributed by atoms with Crippen LogP contribution in [0.5, 0.6) is 0 Å². The molecule has 2 heterocycles. The number of para-hydroxylation sites is 1. The topological polar surface area (TPSA) is 55.0 Å². The van der Waals surface area contributed by atoms with E-state index in [-0.39, 0.29) is 17.1 Å². The first-order valence-corrected chi connectivity index (χ1v) is 9.90. The van der Waals surface area contributed by atoms with Crippen molar-refractivity contribution < 1.29 is 14.1 Å². The number of hydrogen-bond acceptors (Lipinski definition) is 3. The summed E-state index contributed by atoms with van der Waals surface area (Å²) in [5.74, 6) is -0.00892. The van der Waals surface area contributed by atoms with Crippen molar-refractivity contribution in [2.75, 3.05) is 26.2 Å². The van der Waals surface area contributed by atoms with E-state index in [1.165, 1.54) is 4.90 Å². The molecule has 0 bridgehead atoms. The van der Waals surface area contributed by atoms with E-state index in [0.717, 1.165) is 25.2 Å². The van der Waals surface area contributed by atoms with Crippen LogP contribution in [0, 0.1) is 0 Å². The number of rotatable bonds is 6. The molecule has 144 valence electrons. The first-order chi connectivity index (χ1) is 13.7. The van der Waals surface area contributed by atoms with Gasteiger partial charge in [0.15, 0.2) is 5.43 Å². The van der Waals surface area contributed by atoms with Gasteiger partial charge in [0.1, 0.15) is 5.58 Å². The number of fused-ring (bicyclic) bond motifs is 2. The Bertz CT molecular complexity index is 1050. The molecule has 1 amide bonds. The molecule has 0 unspecified atom stereocenters. The molecule has 0 saturated heterocycles. The quantitative estimate of drug-likeness (QED) is 0.717. The van der Waals surface area contributed by atoms with Crippen molar-refractivity contribution in [3.63, 3.8) is 0 Å². The Labute approximate surface area is 164 Å². The minimum absolute atomic E-state index is 0.114. The molecular formula is C23H25N2O3+. The maximum absolute atomic E-state index is 13.3. The molecule has 5 nitrogen and oxygen atoms in total. The second-order valence-corrected chi connectivity index (χ2v) is 7.19. The third-order valence-corrected chi connectivity index (χ3v) is 5.69. The van der Waals surface area contributed by atoms with Gasteiger partial charge >= 0.3 is 0 Å². The van der Waals surface area contributed by atoms with Crippen LogP contribution in [0.1, 0.15) is 41.6 Å². The van der Waals surface area contributed by atoms with Gasteiger partial charge in [0.2, 0.25) is 5.76 Å². The second-order valence-electron chi connectivity index (χ2n) is 7.19. The smallest absolute Gasteiger partial charge is 0.291 e. The third-order valence-electron chi connectivity index (χ3n) is 5.69. The SMILES string of the molecule is CC[NH+](CC)CCN1C(=O)c2oc3ccccc3c(=O)c2[C@H]1c1ccccc1. The molecule has 1 atom stereocenters. The summed E-state index contributed by atoms with van der Waals surface area (Å²) in [6.45, 7) is 7.71. The summed E-state index contributed by atoms with van der Waals surface area (Å²) < 4.78 is 5.94. The lowest BCUT2D eigenvalue weighted by atomic mass is 9.98. The fourth-order valence-electron chi connectivity index (χ4n) is 4.06. The monoisotopic (exact) mass is 377 g/mol. The summed E-state index contributed by atoms with van der Waals surface area (Å²) in [6, 6.07) is 16.5. The average molecular weight is 377 g/mol. The number of hydrogen-bond donors (Lipinski definition) is 1. The van der Waals surface area contributed by atoms with Crippen molar-refractivity contribution in [1.82, 2.24) is 4.90 Å². The highest BCUT2D eigenvalue weighted by Crippen LogP contribution is 2.37. The number of nitrogens with one attached hydrogen (secondary N) is 1. The highest BCUT2D eigenvalue weighted by molar-refractivity contribution is 5.99. The molecule has 1 aliphatic heterocycles. The van der Waals surface area contributed by atoms with E-state index < -0.39 is 6.04 Å². The minimum Gasteiger partial charge on any atom is -0.450 e. The second kappa shape index (κ2) is 7.60. The average Bonchev–Trinajstić information content (AvgIpc) is 3.02. The predicted octanol–water partition coefficient (Wildman–Crippen LogP) is 2.26. The molecule has 2 aromatic carbocycles. The summed E-state index contributed by atoms with van der Waals surface area (Å²) in [6.07, 6.45) is 0. The van der Waals surface area contributed by atoms with Gasteiger partial charge in [0, 0.05) is 0 Å². The van der Waals surface area contributed by atoms with Crippen LogP contribution in [0.4, 0.5) is 0 Å². The molecule has 1 aromatic heterocycles. The number of nitrogens with zero attached hydrogens (tertiary/aromatic N) is 1. The zero-order valence-corrected chi connectivity index (χ0v) is 16.3. The van der Waals surface area contributed by atoms with E-state index in [1.54, 1.807) is 17.0 Å². The zero-order valence-electron chi connectivity index (χ0n) is 16.3. The number of benzene rings is 2. The number of likely N-dealkylation sites (N-methyl/N-ethyl adjacent to an activating group) is 1. The molecule has 1 N–H and O–H groups in total. The van der Waals surface area contributed by atoms with Crippen LogP contribution in [0.25, 0.3) is 11.0 Å². The Kier molecular flexibility index (Phi) is 5.01. The lowest BCUT2D eigenvalue weighted by molar-refractivity contribution is -0.895. The molecule has 0 saturated carbocycles. The lowest BCUT2D eigenvalue weighted by Gasteiger charge is -2.26. The predicted molar refractivity (Wildman–Crippen MR) is 109 cm³/mol. The van der Waals surface area contributed by atoms with Gasteiger partial charge in [0.25, 0.3) is 5.91 Å².